The number of phenols is 1. The number of halogens is 1. The van der Waals surface area contributed by atoms with Crippen LogP contribution in [-0.2, 0) is 30.5 Å². The molecule has 0 aliphatic heterocycles. The number of aromatic hydroxyl groups is 1. The van der Waals surface area contributed by atoms with Crippen LogP contribution in [0.2, 0.25) is 0 Å². The molecule has 1 amide bonds. The molecule has 3 aromatic rings. The van der Waals surface area contributed by atoms with Crippen LogP contribution in [0.1, 0.15) is 41.1 Å². The van der Waals surface area contributed by atoms with Crippen molar-refractivity contribution in [2.45, 2.75) is 51.5 Å². The smallest absolute Gasteiger partial charge is 0.278 e. The fraction of sp³-hybridized carbons (Fsp3) is 0.346. The van der Waals surface area contributed by atoms with Gasteiger partial charge in [-0.2, -0.15) is 0 Å². The molecule has 0 saturated carbocycles. The second-order valence-corrected chi connectivity index (χ2v) is 8.38. The summed E-state index contributed by atoms with van der Waals surface area (Å²) in [5.41, 5.74) is 8.29. The Morgan fingerprint density at radius 1 is 1.03 bits per heavy atom. The Morgan fingerprint density at radius 3 is 2.44 bits per heavy atom. The van der Waals surface area contributed by atoms with Crippen LogP contribution in [0.5, 0.6) is 5.75 Å². The van der Waals surface area contributed by atoms with Gasteiger partial charge in [-0.05, 0) is 62.3 Å². The van der Waals surface area contributed by atoms with Gasteiger partial charge < -0.3 is 33.5 Å². The van der Waals surface area contributed by atoms with Gasteiger partial charge in [0.2, 0.25) is 0 Å². The third kappa shape index (κ3) is 8.32. The highest BCUT2D eigenvalue weighted by molar-refractivity contribution is 5.80. The van der Waals surface area contributed by atoms with E-state index in [9.17, 15) is 14.7 Å². The van der Waals surface area contributed by atoms with Gasteiger partial charge in [0, 0.05) is 18.7 Å². The van der Waals surface area contributed by atoms with Gasteiger partial charge in [-0.25, -0.2) is 0 Å². The van der Waals surface area contributed by atoms with Gasteiger partial charge in [-0.15, -0.1) is 0 Å². The zero-order valence-electron chi connectivity index (χ0n) is 19.5. The Labute approximate surface area is 206 Å². The third-order valence-corrected chi connectivity index (χ3v) is 5.70. The van der Waals surface area contributed by atoms with Gasteiger partial charge in [0.1, 0.15) is 11.4 Å². The maximum atomic E-state index is 12.4. The van der Waals surface area contributed by atoms with E-state index in [0.717, 1.165) is 42.6 Å². The quantitative estimate of drug-likeness (QED) is 0.257. The fourth-order valence-electron chi connectivity index (χ4n) is 3.73. The molecule has 6 N–H and O–H groups in total. The number of nitrogens with one attached hydrogen (secondary N) is 2. The number of amides is 1. The Bertz CT molecular complexity index is 1100. The molecule has 0 fully saturated rings. The molecule has 1 aromatic heterocycles. The Kier molecular flexibility index (Phi) is 10.8. The number of carbonyl (C=O) groups excluding carboxylic acids is 1. The van der Waals surface area contributed by atoms with Gasteiger partial charge in [-0.3, -0.25) is 14.6 Å². The first-order valence-electron chi connectivity index (χ1n) is 11.4. The van der Waals surface area contributed by atoms with Crippen molar-refractivity contribution in [2.75, 3.05) is 6.54 Å². The number of phenolic OH excluding ortho intramolecular Hbond substituents is 1. The van der Waals surface area contributed by atoms with E-state index in [1.54, 1.807) is 24.3 Å². The number of carbonyl (C=O) groups is 1. The first-order valence-corrected chi connectivity index (χ1v) is 11.4. The van der Waals surface area contributed by atoms with Crippen molar-refractivity contribution >= 4 is 5.91 Å². The molecular weight excluding hydrogens is 452 g/mol. The van der Waals surface area contributed by atoms with Gasteiger partial charge in [0.25, 0.3) is 11.5 Å². The molecule has 0 spiro atoms. The number of aromatic nitrogens is 2. The maximum Gasteiger partial charge on any atom is 0.278 e. The molecule has 2 aromatic carbocycles. The number of aryl methyl sites for hydroxylation is 4. The highest BCUT2D eigenvalue weighted by Gasteiger charge is 2.17. The number of benzene rings is 2. The summed E-state index contributed by atoms with van der Waals surface area (Å²) in [6, 6.07) is 16.6. The van der Waals surface area contributed by atoms with E-state index in [1.807, 2.05) is 25.1 Å². The van der Waals surface area contributed by atoms with Gasteiger partial charge in [-0.1, -0.05) is 42.5 Å². The monoisotopic (exact) mass is 484 g/mol. The number of aromatic amines is 1. The third-order valence-electron chi connectivity index (χ3n) is 5.70. The largest absolute Gasteiger partial charge is 1.00 e. The van der Waals surface area contributed by atoms with Crippen molar-refractivity contribution in [1.82, 2.24) is 15.3 Å². The molecule has 1 heterocycles. The zero-order chi connectivity index (χ0) is 23.6. The first-order chi connectivity index (χ1) is 15.9. The second kappa shape index (κ2) is 13.5. The molecule has 0 saturated heterocycles. The summed E-state index contributed by atoms with van der Waals surface area (Å²) < 4.78 is 0. The topological polar surface area (TPSA) is 123 Å². The van der Waals surface area contributed by atoms with Crippen molar-refractivity contribution in [3.63, 3.8) is 0 Å². The molecule has 0 bridgehead atoms. The normalized spacial score (nSPS) is 11.5. The number of H-pyrrole nitrogens is 1. The molecule has 182 valence electrons. The fourth-order valence-corrected chi connectivity index (χ4v) is 3.73. The van der Waals surface area contributed by atoms with Crippen molar-refractivity contribution in [1.29, 1.82) is 0 Å². The highest BCUT2D eigenvalue weighted by Crippen LogP contribution is 2.11. The standard InChI is InChI=1S/C26H32N4O3.ClH/c1-18-23(15-12-19-7-3-2-4-8-19)30-26(33)24(29-18)9-5-6-16-28-25(32)22(27)17-20-10-13-21(31)14-11-20;/h2-4,7-8,10-11,13-14,22,31H,5-6,9,12,15-17,27H2,1H3,(H,28,32)(H,30,33);1H/t22-;/m0./s1. The van der Waals surface area contributed by atoms with Crippen molar-refractivity contribution < 1.29 is 28.0 Å². The molecule has 1 atom stereocenters. The predicted molar refractivity (Wildman–Crippen MR) is 128 cm³/mol. The molecule has 0 unspecified atom stereocenters. The summed E-state index contributed by atoms with van der Waals surface area (Å²) in [6.07, 6.45) is 4.22. The molecule has 0 aliphatic rings. The number of nitrogens with zero attached hydrogens (tertiary/aromatic N) is 1. The summed E-state index contributed by atoms with van der Waals surface area (Å²) in [7, 11) is 0. The van der Waals surface area contributed by atoms with Crippen LogP contribution in [-0.4, -0.2) is 33.6 Å². The minimum atomic E-state index is -0.398. The lowest BCUT2D eigenvalue weighted by atomic mass is 10.1. The number of hydrogen-bond acceptors (Lipinski definition) is 4. The number of rotatable bonds is 11. The number of unbranched alkanes of at least 4 members (excludes halogenated alkanes) is 1. The molecule has 0 aliphatic carbocycles. The predicted octanol–water partition coefficient (Wildman–Crippen LogP) is -1.13. The zero-order valence-corrected chi connectivity index (χ0v) is 20.3. The minimum Gasteiger partial charge on any atom is -1.00 e. The summed E-state index contributed by atoms with van der Waals surface area (Å²) in [5.74, 6) is 0.104. The molecule has 3 rings (SSSR count). The van der Waals surface area contributed by atoms with Gasteiger partial charge in [0.05, 0.1) is 5.69 Å². The van der Waals surface area contributed by atoms with E-state index in [4.69, 9.17) is 0 Å². The Morgan fingerprint density at radius 2 is 1.74 bits per heavy atom. The van der Waals surface area contributed by atoms with Crippen LogP contribution < -0.4 is 29.0 Å². The van der Waals surface area contributed by atoms with Crippen LogP contribution in [0, 0.1) is 6.92 Å². The molecule has 34 heavy (non-hydrogen) atoms. The summed E-state index contributed by atoms with van der Waals surface area (Å²) >= 11 is 0. The molecular formula is C26H33ClN4O3. The van der Waals surface area contributed by atoms with Crippen LogP contribution >= 0.6 is 0 Å². The molecule has 8 heteroatoms. The van der Waals surface area contributed by atoms with Gasteiger partial charge in [0.15, 0.2) is 6.04 Å². The van der Waals surface area contributed by atoms with E-state index in [0.29, 0.717) is 25.1 Å². The molecule has 0 radical (unpaired) electrons. The molecule has 7 nitrogen and oxygen atoms in total. The lowest BCUT2D eigenvalue weighted by Gasteiger charge is -2.10. The lowest BCUT2D eigenvalue weighted by Crippen LogP contribution is -3.00. The van der Waals surface area contributed by atoms with Crippen LogP contribution in [0.3, 0.4) is 0 Å². The summed E-state index contributed by atoms with van der Waals surface area (Å²) in [6.45, 7) is 2.47. The summed E-state index contributed by atoms with van der Waals surface area (Å²) in [4.78, 5) is 32.2. The van der Waals surface area contributed by atoms with Gasteiger partial charge >= 0.3 is 0 Å². The Balaban J connectivity index is 0.00000408. The average molecular weight is 485 g/mol. The highest BCUT2D eigenvalue weighted by atomic mass is 35.5. The van der Waals surface area contributed by atoms with E-state index in [-0.39, 0.29) is 29.6 Å². The van der Waals surface area contributed by atoms with Crippen molar-refractivity contribution in [2.24, 2.45) is 0 Å². The van der Waals surface area contributed by atoms with E-state index in [2.05, 4.69) is 33.2 Å². The van der Waals surface area contributed by atoms with Crippen molar-refractivity contribution in [3.8, 4) is 5.75 Å². The van der Waals surface area contributed by atoms with E-state index < -0.39 is 6.04 Å². The van der Waals surface area contributed by atoms with Crippen LogP contribution in [0.25, 0.3) is 0 Å². The maximum absolute atomic E-state index is 12.4. The van der Waals surface area contributed by atoms with E-state index in [1.165, 1.54) is 5.56 Å². The minimum absolute atomic E-state index is 0. The van der Waals surface area contributed by atoms with E-state index >= 15 is 0 Å². The summed E-state index contributed by atoms with van der Waals surface area (Å²) in [5, 5.41) is 12.3. The lowest BCUT2D eigenvalue weighted by molar-refractivity contribution is -0.403. The number of hydrogen-bond donors (Lipinski definition) is 4. The number of quaternary nitrogens is 1. The van der Waals surface area contributed by atoms with Crippen LogP contribution in [0.4, 0.5) is 0 Å². The average Bonchev–Trinajstić information content (AvgIpc) is 2.81. The SMILES string of the molecule is Cc1nc(CCCCNC(=O)[C@@H]([NH3+])Cc2ccc(O)cc2)c(=O)[nH]c1CCc1ccccc1.[Cl-]. The van der Waals surface area contributed by atoms with Crippen molar-refractivity contribution in [3.05, 3.63) is 93.2 Å². The first kappa shape index (κ1) is 27.1. The second-order valence-electron chi connectivity index (χ2n) is 8.38. The Hall–Kier alpha value is -3.16. The van der Waals surface area contributed by atoms with Crippen LogP contribution in [0.15, 0.2) is 59.4 Å².